The van der Waals surface area contributed by atoms with E-state index in [1.54, 1.807) is 42.5 Å². The molecule has 4 nitrogen and oxygen atoms in total. The Morgan fingerprint density at radius 2 is 2.04 bits per heavy atom. The first-order chi connectivity index (χ1) is 11.6. The number of carbonyl (C=O) groups is 1. The van der Waals surface area contributed by atoms with Crippen LogP contribution in [0, 0.1) is 17.1 Å². The molecule has 0 saturated carbocycles. The highest BCUT2D eigenvalue weighted by Crippen LogP contribution is 2.24. The molecule has 0 radical (unpaired) electrons. The molecule has 0 aliphatic carbocycles. The third-order valence-electron chi connectivity index (χ3n) is 3.32. The minimum atomic E-state index is -0.326. The van der Waals surface area contributed by atoms with E-state index in [0.717, 1.165) is 5.56 Å². The topological polar surface area (TPSA) is 62.1 Å². The van der Waals surface area contributed by atoms with Gasteiger partial charge < -0.3 is 10.1 Å². The fourth-order valence-corrected chi connectivity index (χ4v) is 2.32. The Kier molecular flexibility index (Phi) is 6.59. The number of ether oxygens (including phenoxy) is 1. The smallest absolute Gasteiger partial charge is 0.234 e. The normalized spacial score (nSPS) is 10.0. The maximum absolute atomic E-state index is 13.6. The molecule has 0 aromatic heterocycles. The molecule has 0 aliphatic heterocycles. The highest BCUT2D eigenvalue weighted by Gasteiger charge is 2.08. The monoisotopic (exact) mass is 346 g/mol. The van der Waals surface area contributed by atoms with Gasteiger partial charge in [0.2, 0.25) is 5.91 Å². The van der Waals surface area contributed by atoms with Crippen LogP contribution in [0.1, 0.15) is 17.5 Å². The molecule has 0 heterocycles. The maximum Gasteiger partial charge on any atom is 0.234 e. The summed E-state index contributed by atoms with van der Waals surface area (Å²) in [6.45, 7) is 0.457. The second-order valence-electron chi connectivity index (χ2n) is 5.07. The Hall–Kier alpha value is -2.58. The number of nitrogens with one attached hydrogen (secondary N) is 1. The van der Waals surface area contributed by atoms with Crippen LogP contribution in [0.2, 0.25) is 5.02 Å². The highest BCUT2D eigenvalue weighted by molar-refractivity contribution is 6.30. The molecule has 2 rings (SSSR count). The van der Waals surface area contributed by atoms with Crippen LogP contribution in [-0.4, -0.2) is 12.5 Å². The van der Waals surface area contributed by atoms with E-state index in [4.69, 9.17) is 21.6 Å². The lowest BCUT2D eigenvalue weighted by atomic mass is 10.1. The lowest BCUT2D eigenvalue weighted by Gasteiger charge is -2.13. The van der Waals surface area contributed by atoms with E-state index in [0.29, 0.717) is 29.3 Å². The van der Waals surface area contributed by atoms with Crippen molar-refractivity contribution in [3.05, 3.63) is 64.4 Å². The second kappa shape index (κ2) is 8.90. The van der Waals surface area contributed by atoms with Crippen molar-refractivity contribution in [2.24, 2.45) is 0 Å². The molecule has 24 heavy (non-hydrogen) atoms. The SMILES string of the molecule is N#CCC(=O)NCCc1cc(Cl)ccc1OCc1ccccc1F. The van der Waals surface area contributed by atoms with Crippen LogP contribution in [0.15, 0.2) is 42.5 Å². The molecule has 124 valence electrons. The predicted molar refractivity (Wildman–Crippen MR) is 89.1 cm³/mol. The molecule has 0 aliphatic rings. The van der Waals surface area contributed by atoms with E-state index in [2.05, 4.69) is 5.32 Å². The zero-order valence-corrected chi connectivity index (χ0v) is 13.6. The molecule has 0 atom stereocenters. The number of nitriles is 1. The Labute approximate surface area is 144 Å². The zero-order chi connectivity index (χ0) is 17.4. The summed E-state index contributed by atoms with van der Waals surface area (Å²) >= 11 is 6.00. The van der Waals surface area contributed by atoms with Gasteiger partial charge in [0.15, 0.2) is 0 Å². The Morgan fingerprint density at radius 3 is 2.79 bits per heavy atom. The van der Waals surface area contributed by atoms with E-state index < -0.39 is 0 Å². The van der Waals surface area contributed by atoms with Gasteiger partial charge in [-0.1, -0.05) is 29.8 Å². The van der Waals surface area contributed by atoms with Crippen LogP contribution < -0.4 is 10.1 Å². The first kappa shape index (κ1) is 17.8. The van der Waals surface area contributed by atoms with Gasteiger partial charge >= 0.3 is 0 Å². The maximum atomic E-state index is 13.6. The molecular weight excluding hydrogens is 331 g/mol. The van der Waals surface area contributed by atoms with Crippen LogP contribution in [0.25, 0.3) is 0 Å². The first-order valence-electron chi connectivity index (χ1n) is 7.38. The van der Waals surface area contributed by atoms with Crippen molar-refractivity contribution < 1.29 is 13.9 Å². The molecule has 0 saturated heterocycles. The first-order valence-corrected chi connectivity index (χ1v) is 7.76. The van der Waals surface area contributed by atoms with Crippen LogP contribution in [0.5, 0.6) is 5.75 Å². The minimum absolute atomic E-state index is 0.0993. The number of hydrogen-bond donors (Lipinski definition) is 1. The molecule has 2 aromatic rings. The number of nitrogens with zero attached hydrogens (tertiary/aromatic N) is 1. The number of amides is 1. The summed E-state index contributed by atoms with van der Waals surface area (Å²) in [7, 11) is 0. The van der Waals surface area contributed by atoms with Gasteiger partial charge in [-0.2, -0.15) is 5.26 Å². The van der Waals surface area contributed by atoms with Gasteiger partial charge in [0, 0.05) is 17.1 Å². The Bertz CT molecular complexity index is 759. The van der Waals surface area contributed by atoms with Crippen LogP contribution in [0.3, 0.4) is 0 Å². The van der Waals surface area contributed by atoms with Crippen molar-refractivity contribution in [1.82, 2.24) is 5.32 Å². The Morgan fingerprint density at radius 1 is 1.25 bits per heavy atom. The average molecular weight is 347 g/mol. The zero-order valence-electron chi connectivity index (χ0n) is 12.9. The molecule has 0 unspecified atom stereocenters. The fourth-order valence-electron chi connectivity index (χ4n) is 2.13. The summed E-state index contributed by atoms with van der Waals surface area (Å²) in [5.74, 6) is -0.0673. The van der Waals surface area contributed by atoms with E-state index in [1.165, 1.54) is 6.07 Å². The molecule has 2 aromatic carbocycles. The summed E-state index contributed by atoms with van der Waals surface area (Å²) in [6, 6.07) is 13.3. The average Bonchev–Trinajstić information content (AvgIpc) is 2.56. The van der Waals surface area contributed by atoms with Crippen molar-refractivity contribution >= 4 is 17.5 Å². The molecule has 6 heteroatoms. The van der Waals surface area contributed by atoms with E-state index in [-0.39, 0.29) is 24.8 Å². The Balaban J connectivity index is 2.01. The quantitative estimate of drug-likeness (QED) is 0.832. The molecule has 0 spiro atoms. The molecule has 1 N–H and O–H groups in total. The summed E-state index contributed by atoms with van der Waals surface area (Å²) in [5.41, 5.74) is 1.26. The fraction of sp³-hybridized carbons (Fsp3) is 0.222. The van der Waals surface area contributed by atoms with Gasteiger partial charge in [0.1, 0.15) is 24.6 Å². The number of halogens is 2. The number of benzene rings is 2. The standard InChI is InChI=1S/C18H16ClFN2O2/c19-15-5-6-17(24-12-14-3-1-2-4-16(14)20)13(11-15)8-10-22-18(23)7-9-21/h1-6,11H,7-8,10,12H2,(H,22,23). The summed E-state index contributed by atoms with van der Waals surface area (Å²) in [4.78, 5) is 11.3. The molecule has 1 amide bonds. The van der Waals surface area contributed by atoms with Crippen LogP contribution >= 0.6 is 11.6 Å². The molecule has 0 fully saturated rings. The van der Waals surface area contributed by atoms with Crippen molar-refractivity contribution in [1.29, 1.82) is 5.26 Å². The summed E-state index contributed by atoms with van der Waals surface area (Å²) in [6.07, 6.45) is 0.316. The van der Waals surface area contributed by atoms with Gasteiger partial charge in [-0.3, -0.25) is 4.79 Å². The van der Waals surface area contributed by atoms with Gasteiger partial charge in [-0.15, -0.1) is 0 Å². The molecule has 0 bridgehead atoms. The highest BCUT2D eigenvalue weighted by atomic mass is 35.5. The number of hydrogen-bond acceptors (Lipinski definition) is 3. The second-order valence-corrected chi connectivity index (χ2v) is 5.50. The summed E-state index contributed by atoms with van der Waals surface area (Å²) < 4.78 is 19.3. The van der Waals surface area contributed by atoms with Crippen LogP contribution in [-0.2, 0) is 17.8 Å². The van der Waals surface area contributed by atoms with E-state index >= 15 is 0 Å². The van der Waals surface area contributed by atoms with Crippen molar-refractivity contribution in [2.45, 2.75) is 19.4 Å². The van der Waals surface area contributed by atoms with Gasteiger partial charge in [-0.25, -0.2) is 4.39 Å². The van der Waals surface area contributed by atoms with Crippen molar-refractivity contribution in [3.63, 3.8) is 0 Å². The number of rotatable bonds is 7. The van der Waals surface area contributed by atoms with E-state index in [1.807, 2.05) is 0 Å². The lowest BCUT2D eigenvalue weighted by molar-refractivity contribution is -0.120. The largest absolute Gasteiger partial charge is 0.489 e. The lowest BCUT2D eigenvalue weighted by Crippen LogP contribution is -2.25. The third kappa shape index (κ3) is 5.25. The molecular formula is C18H16ClFN2O2. The number of carbonyl (C=O) groups excluding carboxylic acids is 1. The van der Waals surface area contributed by atoms with Gasteiger partial charge in [0.05, 0.1) is 6.07 Å². The predicted octanol–water partition coefficient (Wildman–Crippen LogP) is 3.63. The van der Waals surface area contributed by atoms with Crippen LogP contribution in [0.4, 0.5) is 4.39 Å². The van der Waals surface area contributed by atoms with Gasteiger partial charge in [-0.05, 0) is 36.2 Å². The van der Waals surface area contributed by atoms with E-state index in [9.17, 15) is 9.18 Å². The summed E-state index contributed by atoms with van der Waals surface area (Å²) in [5, 5.41) is 11.6. The minimum Gasteiger partial charge on any atom is -0.489 e. The van der Waals surface area contributed by atoms with Crippen molar-refractivity contribution in [3.8, 4) is 11.8 Å². The van der Waals surface area contributed by atoms with Crippen molar-refractivity contribution in [2.75, 3.05) is 6.54 Å². The third-order valence-corrected chi connectivity index (χ3v) is 3.55. The van der Waals surface area contributed by atoms with Gasteiger partial charge in [0.25, 0.3) is 0 Å².